The molecule has 1 aromatic heterocycles. The first-order valence-corrected chi connectivity index (χ1v) is 8.99. The Hall–Kier alpha value is -3.87. The summed E-state index contributed by atoms with van der Waals surface area (Å²) in [5.74, 6) is 1.92. The molecule has 3 aromatic rings. The third-order valence-corrected chi connectivity index (χ3v) is 4.24. The smallest absolute Gasteiger partial charge is 0.356 e. The summed E-state index contributed by atoms with van der Waals surface area (Å²) < 4.78 is 16.1. The second-order valence-electron chi connectivity index (χ2n) is 6.24. The number of carbonyl (C=O) groups is 1. The van der Waals surface area contributed by atoms with Crippen LogP contribution in [0.25, 0.3) is 0 Å². The first-order valence-electron chi connectivity index (χ1n) is 8.99. The molecule has 0 unspecified atom stereocenters. The SMILES string of the molecule is COC(=O)c1ccc(OC2=NO[C@H](c3ccc(Oc4ccccc4)cc3)C2)cn1. The standard InChI is InChI=1S/C22H18N2O5/c1-26-22(25)19-12-11-18(14-23-19)28-21-13-20(29-24-21)15-7-9-17(10-8-15)27-16-5-3-2-4-6-16/h2-12,14,20H,13H2,1H3/t20-/m0/s1. The van der Waals surface area contributed by atoms with Crippen molar-refractivity contribution in [2.75, 3.05) is 7.11 Å². The fourth-order valence-electron chi connectivity index (χ4n) is 2.77. The van der Waals surface area contributed by atoms with Gasteiger partial charge in [0.05, 0.1) is 19.7 Å². The molecular formula is C22H18N2O5. The number of esters is 1. The number of aromatic nitrogens is 1. The van der Waals surface area contributed by atoms with E-state index in [-0.39, 0.29) is 11.8 Å². The summed E-state index contributed by atoms with van der Waals surface area (Å²) in [6, 6.07) is 20.4. The molecule has 7 heteroatoms. The molecule has 0 N–H and O–H groups in total. The topological polar surface area (TPSA) is 79.2 Å². The van der Waals surface area contributed by atoms with E-state index in [1.807, 2.05) is 54.6 Å². The van der Waals surface area contributed by atoms with Gasteiger partial charge in [-0.25, -0.2) is 9.78 Å². The fourth-order valence-corrected chi connectivity index (χ4v) is 2.77. The number of nitrogens with zero attached hydrogens (tertiary/aromatic N) is 2. The van der Waals surface area contributed by atoms with Crippen LogP contribution in [0.5, 0.6) is 17.2 Å². The minimum absolute atomic E-state index is 0.208. The van der Waals surface area contributed by atoms with E-state index in [9.17, 15) is 4.79 Å². The molecule has 0 fully saturated rings. The lowest BCUT2D eigenvalue weighted by molar-refractivity contribution is 0.0594. The Bertz CT molecular complexity index is 1000. The van der Waals surface area contributed by atoms with Crippen LogP contribution in [0.4, 0.5) is 0 Å². The predicted molar refractivity (Wildman–Crippen MR) is 105 cm³/mol. The number of ether oxygens (including phenoxy) is 3. The van der Waals surface area contributed by atoms with Crippen LogP contribution in [0.1, 0.15) is 28.6 Å². The molecule has 0 amide bonds. The molecule has 29 heavy (non-hydrogen) atoms. The second-order valence-corrected chi connectivity index (χ2v) is 6.24. The maximum Gasteiger partial charge on any atom is 0.356 e. The summed E-state index contributed by atoms with van der Waals surface area (Å²) in [5, 5.41) is 4.00. The summed E-state index contributed by atoms with van der Waals surface area (Å²) in [4.78, 5) is 20.9. The molecule has 1 aliphatic heterocycles. The minimum atomic E-state index is -0.502. The number of hydrogen-bond donors (Lipinski definition) is 0. The van der Waals surface area contributed by atoms with Crippen molar-refractivity contribution in [2.45, 2.75) is 12.5 Å². The van der Waals surface area contributed by atoms with Gasteiger partial charge in [0.25, 0.3) is 0 Å². The summed E-state index contributed by atoms with van der Waals surface area (Å²) >= 11 is 0. The number of carbonyl (C=O) groups excluding carboxylic acids is 1. The number of pyridine rings is 1. The molecule has 1 atom stereocenters. The molecule has 0 radical (unpaired) electrons. The summed E-state index contributed by atoms with van der Waals surface area (Å²) in [6.07, 6.45) is 1.69. The first kappa shape index (κ1) is 18.5. The molecule has 0 bridgehead atoms. The van der Waals surface area contributed by atoms with Crippen molar-refractivity contribution >= 4 is 11.9 Å². The Kier molecular flexibility index (Phi) is 5.38. The van der Waals surface area contributed by atoms with E-state index in [1.165, 1.54) is 19.4 Å². The van der Waals surface area contributed by atoms with Crippen LogP contribution >= 0.6 is 0 Å². The molecule has 4 rings (SSSR count). The van der Waals surface area contributed by atoms with Gasteiger partial charge in [0, 0.05) is 0 Å². The van der Waals surface area contributed by atoms with E-state index in [4.69, 9.17) is 14.3 Å². The van der Waals surface area contributed by atoms with Crippen LogP contribution in [-0.2, 0) is 9.57 Å². The van der Waals surface area contributed by atoms with Gasteiger partial charge in [-0.1, -0.05) is 35.5 Å². The Labute approximate surface area is 167 Å². The molecule has 2 aromatic carbocycles. The van der Waals surface area contributed by atoms with Crippen LogP contribution in [0.3, 0.4) is 0 Å². The van der Waals surface area contributed by atoms with Gasteiger partial charge in [-0.3, -0.25) is 0 Å². The van der Waals surface area contributed by atoms with Gasteiger partial charge < -0.3 is 19.0 Å². The van der Waals surface area contributed by atoms with Crippen molar-refractivity contribution < 1.29 is 23.8 Å². The number of benzene rings is 2. The quantitative estimate of drug-likeness (QED) is 0.596. The van der Waals surface area contributed by atoms with Crippen LogP contribution in [0.2, 0.25) is 0 Å². The highest BCUT2D eigenvalue weighted by Crippen LogP contribution is 2.30. The zero-order chi connectivity index (χ0) is 20.1. The van der Waals surface area contributed by atoms with Crippen LogP contribution in [-0.4, -0.2) is 24.0 Å². The van der Waals surface area contributed by atoms with Crippen LogP contribution in [0, 0.1) is 0 Å². The highest BCUT2D eigenvalue weighted by Gasteiger charge is 2.24. The zero-order valence-electron chi connectivity index (χ0n) is 15.6. The van der Waals surface area contributed by atoms with E-state index in [0.29, 0.717) is 18.1 Å². The number of methoxy groups -OCH3 is 1. The van der Waals surface area contributed by atoms with Gasteiger partial charge in [0.2, 0.25) is 5.90 Å². The van der Waals surface area contributed by atoms with Gasteiger partial charge in [-0.05, 0) is 42.0 Å². The summed E-state index contributed by atoms with van der Waals surface area (Å²) in [6.45, 7) is 0. The predicted octanol–water partition coefficient (Wildman–Crippen LogP) is 4.51. The van der Waals surface area contributed by atoms with Crippen molar-refractivity contribution in [3.8, 4) is 17.2 Å². The molecule has 2 heterocycles. The Morgan fingerprint density at radius 1 is 0.931 bits per heavy atom. The highest BCUT2D eigenvalue weighted by atomic mass is 16.7. The molecule has 0 spiro atoms. The lowest BCUT2D eigenvalue weighted by atomic mass is 10.1. The van der Waals surface area contributed by atoms with Gasteiger partial charge in [0.15, 0.2) is 6.10 Å². The third kappa shape index (κ3) is 4.52. The Morgan fingerprint density at radius 3 is 2.34 bits per heavy atom. The maximum atomic E-state index is 11.4. The van der Waals surface area contributed by atoms with Crippen LogP contribution < -0.4 is 9.47 Å². The summed E-state index contributed by atoms with van der Waals surface area (Å²) in [7, 11) is 1.31. The molecule has 1 aliphatic rings. The molecular weight excluding hydrogens is 372 g/mol. The average molecular weight is 390 g/mol. The van der Waals surface area contributed by atoms with E-state index >= 15 is 0 Å². The van der Waals surface area contributed by atoms with Crippen molar-refractivity contribution in [2.24, 2.45) is 5.16 Å². The van der Waals surface area contributed by atoms with Gasteiger partial charge >= 0.3 is 5.97 Å². The van der Waals surface area contributed by atoms with Crippen molar-refractivity contribution in [1.82, 2.24) is 4.98 Å². The number of rotatable bonds is 5. The van der Waals surface area contributed by atoms with Crippen molar-refractivity contribution in [3.63, 3.8) is 0 Å². The molecule has 0 aliphatic carbocycles. The number of oxime groups is 1. The summed E-state index contributed by atoms with van der Waals surface area (Å²) in [5.41, 5.74) is 1.17. The highest BCUT2D eigenvalue weighted by molar-refractivity contribution is 5.87. The molecule has 146 valence electrons. The maximum absolute atomic E-state index is 11.4. The molecule has 0 saturated heterocycles. The van der Waals surface area contributed by atoms with E-state index in [2.05, 4.69) is 14.9 Å². The first-order chi connectivity index (χ1) is 14.2. The molecule has 7 nitrogen and oxygen atoms in total. The van der Waals surface area contributed by atoms with E-state index in [0.717, 1.165) is 17.1 Å². The van der Waals surface area contributed by atoms with Crippen molar-refractivity contribution in [1.29, 1.82) is 0 Å². The van der Waals surface area contributed by atoms with Gasteiger partial charge in [-0.15, -0.1) is 0 Å². The normalized spacial score (nSPS) is 15.2. The van der Waals surface area contributed by atoms with E-state index in [1.54, 1.807) is 6.07 Å². The lowest BCUT2D eigenvalue weighted by Crippen LogP contribution is -2.08. The largest absolute Gasteiger partial charge is 0.464 e. The third-order valence-electron chi connectivity index (χ3n) is 4.24. The van der Waals surface area contributed by atoms with Gasteiger partial charge in [0.1, 0.15) is 22.9 Å². The number of hydrogen-bond acceptors (Lipinski definition) is 7. The minimum Gasteiger partial charge on any atom is -0.464 e. The monoisotopic (exact) mass is 390 g/mol. The lowest BCUT2D eigenvalue weighted by Gasteiger charge is -2.10. The second kappa shape index (κ2) is 8.43. The Balaban J connectivity index is 1.33. The zero-order valence-corrected chi connectivity index (χ0v) is 15.6. The molecule has 0 saturated carbocycles. The average Bonchev–Trinajstić information content (AvgIpc) is 3.23. The number of para-hydroxylation sites is 1. The fraction of sp³-hybridized carbons (Fsp3) is 0.136. The Morgan fingerprint density at radius 2 is 1.66 bits per heavy atom. The van der Waals surface area contributed by atoms with E-state index < -0.39 is 5.97 Å². The van der Waals surface area contributed by atoms with Gasteiger partial charge in [-0.2, -0.15) is 0 Å². The van der Waals surface area contributed by atoms with Crippen molar-refractivity contribution in [3.05, 3.63) is 84.2 Å². The van der Waals surface area contributed by atoms with Crippen LogP contribution in [0.15, 0.2) is 78.1 Å².